The third-order valence-corrected chi connectivity index (χ3v) is 7.80. The molecule has 2 amide bonds. The van der Waals surface area contributed by atoms with Gasteiger partial charge < -0.3 is 10.2 Å². The Balaban J connectivity index is 1.23. The van der Waals surface area contributed by atoms with Gasteiger partial charge in [-0.2, -0.15) is 18.3 Å². The molecule has 0 bridgehead atoms. The molecule has 40 heavy (non-hydrogen) atoms. The molecule has 1 fully saturated rings. The Morgan fingerprint density at radius 1 is 0.975 bits per heavy atom. The maximum absolute atomic E-state index is 13.3. The number of carbonyl (C=O) groups is 2. The molecule has 2 aliphatic rings. The Labute approximate surface area is 227 Å². The highest BCUT2D eigenvalue weighted by Crippen LogP contribution is 2.44. The number of nitrogens with one attached hydrogen (secondary N) is 1. The first-order valence-corrected chi connectivity index (χ1v) is 13.1. The van der Waals surface area contributed by atoms with Crippen molar-refractivity contribution in [2.24, 2.45) is 5.92 Å². The van der Waals surface area contributed by atoms with Crippen LogP contribution >= 0.6 is 0 Å². The summed E-state index contributed by atoms with van der Waals surface area (Å²) >= 11 is 0. The van der Waals surface area contributed by atoms with E-state index in [4.69, 9.17) is 0 Å². The van der Waals surface area contributed by atoms with Crippen molar-refractivity contribution in [2.45, 2.75) is 56.8 Å². The van der Waals surface area contributed by atoms with E-state index in [-0.39, 0.29) is 29.9 Å². The second-order valence-electron chi connectivity index (χ2n) is 10.2. The van der Waals surface area contributed by atoms with Gasteiger partial charge in [-0.3, -0.25) is 19.3 Å². The zero-order valence-corrected chi connectivity index (χ0v) is 21.5. The van der Waals surface area contributed by atoms with Crippen LogP contribution in [0.5, 0.6) is 0 Å². The van der Waals surface area contributed by atoms with Gasteiger partial charge in [0.2, 0.25) is 5.91 Å². The van der Waals surface area contributed by atoms with Crippen molar-refractivity contribution < 1.29 is 31.5 Å². The number of alkyl halides is 5. The second-order valence-corrected chi connectivity index (χ2v) is 10.2. The molecule has 1 aromatic carbocycles. The third-order valence-electron chi connectivity index (χ3n) is 7.80. The smallest absolute Gasteiger partial charge is 0.344 e. The normalized spacial score (nSPS) is 19.9. The Bertz CT molecular complexity index is 1350. The fourth-order valence-electron chi connectivity index (χ4n) is 5.86. The van der Waals surface area contributed by atoms with Gasteiger partial charge in [0.15, 0.2) is 0 Å². The van der Waals surface area contributed by atoms with Crippen molar-refractivity contribution in [1.82, 2.24) is 25.0 Å². The number of halogens is 5. The van der Waals surface area contributed by atoms with Gasteiger partial charge in [0.1, 0.15) is 23.6 Å². The van der Waals surface area contributed by atoms with Gasteiger partial charge in [-0.25, -0.2) is 8.78 Å². The standard InChI is InChI=1S/C28H28F5N5O2/c29-26(30)23-15-24(28(31,32)33)38(36-23)16-25(39)37-13-10-17(11-14-37)18-8-9-21(20-6-2-1-5-19(18)20)35-27(40)22-7-3-4-12-34-22/h1-7,12,15,17-18,21,26H,8-11,13-14,16H2,(H,35,40). The summed E-state index contributed by atoms with van der Waals surface area (Å²) in [5, 5.41) is 6.43. The summed E-state index contributed by atoms with van der Waals surface area (Å²) in [6.07, 6.45) is -3.62. The van der Waals surface area contributed by atoms with Crippen molar-refractivity contribution in [3.63, 3.8) is 0 Å². The molecule has 1 aliphatic heterocycles. The number of pyridine rings is 1. The average Bonchev–Trinajstić information content (AvgIpc) is 3.39. The fraction of sp³-hybridized carbons (Fsp3) is 0.429. The molecule has 212 valence electrons. The lowest BCUT2D eigenvalue weighted by Crippen LogP contribution is -2.42. The Hall–Kier alpha value is -3.83. The van der Waals surface area contributed by atoms with Crippen molar-refractivity contribution in [2.75, 3.05) is 13.1 Å². The van der Waals surface area contributed by atoms with Crippen LogP contribution in [0.4, 0.5) is 22.0 Å². The van der Waals surface area contributed by atoms with E-state index in [2.05, 4.69) is 21.5 Å². The summed E-state index contributed by atoms with van der Waals surface area (Å²) in [7, 11) is 0. The summed E-state index contributed by atoms with van der Waals surface area (Å²) in [6, 6.07) is 13.3. The maximum Gasteiger partial charge on any atom is 0.433 e. The molecule has 2 unspecified atom stereocenters. The topological polar surface area (TPSA) is 80.1 Å². The number of amides is 2. The largest absolute Gasteiger partial charge is 0.433 e. The molecule has 7 nitrogen and oxygen atoms in total. The number of rotatable bonds is 6. The molecule has 1 saturated heterocycles. The highest BCUT2D eigenvalue weighted by Gasteiger charge is 2.39. The van der Waals surface area contributed by atoms with E-state index in [1.807, 2.05) is 18.2 Å². The molecule has 0 spiro atoms. The molecule has 3 aromatic rings. The summed E-state index contributed by atoms with van der Waals surface area (Å²) in [4.78, 5) is 31.2. The first-order chi connectivity index (χ1) is 19.1. The SMILES string of the molecule is O=C(NC1CCC(C2CCN(C(=O)Cn3nc(C(F)F)cc3C(F)(F)F)CC2)c2ccccc21)c1ccccn1. The van der Waals surface area contributed by atoms with Crippen molar-refractivity contribution in [3.8, 4) is 0 Å². The molecule has 2 atom stereocenters. The zero-order chi connectivity index (χ0) is 28.4. The van der Waals surface area contributed by atoms with E-state index < -0.39 is 36.4 Å². The van der Waals surface area contributed by atoms with Crippen LogP contribution in [0.1, 0.15) is 77.1 Å². The molecular weight excluding hydrogens is 533 g/mol. The molecule has 0 saturated carbocycles. The molecular formula is C28H28F5N5O2. The number of hydrogen-bond acceptors (Lipinski definition) is 4. The highest BCUT2D eigenvalue weighted by atomic mass is 19.4. The van der Waals surface area contributed by atoms with Crippen LogP contribution in [-0.4, -0.2) is 44.6 Å². The first kappa shape index (κ1) is 27.7. The number of carbonyl (C=O) groups excluding carboxylic acids is 2. The predicted molar refractivity (Wildman–Crippen MR) is 134 cm³/mol. The van der Waals surface area contributed by atoms with Crippen LogP contribution in [0, 0.1) is 5.92 Å². The van der Waals surface area contributed by atoms with E-state index in [0.29, 0.717) is 36.3 Å². The van der Waals surface area contributed by atoms with Gasteiger partial charge in [0, 0.05) is 19.3 Å². The van der Waals surface area contributed by atoms with E-state index >= 15 is 0 Å². The maximum atomic E-state index is 13.3. The van der Waals surface area contributed by atoms with E-state index in [1.54, 1.807) is 24.4 Å². The number of hydrogen-bond donors (Lipinski definition) is 1. The van der Waals surface area contributed by atoms with Crippen molar-refractivity contribution >= 4 is 11.8 Å². The monoisotopic (exact) mass is 561 g/mol. The third kappa shape index (κ3) is 5.85. The number of fused-ring (bicyclic) bond motifs is 1. The number of piperidine rings is 1. The molecule has 5 rings (SSSR count). The van der Waals surface area contributed by atoms with Crippen LogP contribution in [0.3, 0.4) is 0 Å². The summed E-state index contributed by atoms with van der Waals surface area (Å²) in [5.41, 5.74) is 0.173. The minimum atomic E-state index is -4.91. The van der Waals surface area contributed by atoms with Gasteiger partial charge in [-0.15, -0.1) is 0 Å². The van der Waals surface area contributed by atoms with E-state index in [9.17, 15) is 31.5 Å². The highest BCUT2D eigenvalue weighted by molar-refractivity contribution is 5.92. The lowest BCUT2D eigenvalue weighted by Gasteiger charge is -2.40. The summed E-state index contributed by atoms with van der Waals surface area (Å²) in [6.45, 7) is -0.0468. The Morgan fingerprint density at radius 3 is 2.33 bits per heavy atom. The van der Waals surface area contributed by atoms with Crippen molar-refractivity contribution in [1.29, 1.82) is 0 Å². The Morgan fingerprint density at radius 2 is 1.68 bits per heavy atom. The Kier molecular flexibility index (Phi) is 7.86. The lowest BCUT2D eigenvalue weighted by molar-refractivity contribution is -0.146. The van der Waals surface area contributed by atoms with Crippen LogP contribution in [0.15, 0.2) is 54.7 Å². The molecule has 2 aromatic heterocycles. The van der Waals surface area contributed by atoms with Gasteiger partial charge in [0.25, 0.3) is 12.3 Å². The molecule has 3 heterocycles. The zero-order valence-electron chi connectivity index (χ0n) is 21.5. The number of aromatic nitrogens is 3. The number of nitrogens with zero attached hydrogens (tertiary/aromatic N) is 4. The van der Waals surface area contributed by atoms with Crippen LogP contribution in [-0.2, 0) is 17.5 Å². The molecule has 12 heteroatoms. The molecule has 1 N–H and O–H groups in total. The number of likely N-dealkylation sites (tertiary alicyclic amines) is 1. The van der Waals surface area contributed by atoms with Crippen LogP contribution < -0.4 is 5.32 Å². The van der Waals surface area contributed by atoms with Gasteiger partial charge in [-0.05, 0) is 66.8 Å². The van der Waals surface area contributed by atoms with Crippen LogP contribution in [0.2, 0.25) is 0 Å². The number of benzene rings is 1. The van der Waals surface area contributed by atoms with Gasteiger partial charge in [-0.1, -0.05) is 30.3 Å². The van der Waals surface area contributed by atoms with E-state index in [1.165, 1.54) is 4.90 Å². The summed E-state index contributed by atoms with van der Waals surface area (Å²) in [5.74, 6) is -0.363. The summed E-state index contributed by atoms with van der Waals surface area (Å²) < 4.78 is 66.2. The average molecular weight is 562 g/mol. The minimum Gasteiger partial charge on any atom is -0.344 e. The van der Waals surface area contributed by atoms with Gasteiger partial charge >= 0.3 is 6.18 Å². The molecule has 1 aliphatic carbocycles. The fourth-order valence-corrected chi connectivity index (χ4v) is 5.86. The molecule has 0 radical (unpaired) electrons. The van der Waals surface area contributed by atoms with Gasteiger partial charge in [0.05, 0.1) is 6.04 Å². The second kappa shape index (κ2) is 11.3. The first-order valence-electron chi connectivity index (χ1n) is 13.1. The van der Waals surface area contributed by atoms with Crippen molar-refractivity contribution in [3.05, 3.63) is 82.9 Å². The van der Waals surface area contributed by atoms with E-state index in [0.717, 1.165) is 24.0 Å². The van der Waals surface area contributed by atoms with Crippen LogP contribution in [0.25, 0.3) is 0 Å². The lowest BCUT2D eigenvalue weighted by atomic mass is 9.71. The minimum absolute atomic E-state index is 0.154. The predicted octanol–water partition coefficient (Wildman–Crippen LogP) is 5.52. The quantitative estimate of drug-likeness (QED) is 0.402.